The zero-order chi connectivity index (χ0) is 17.3. The van der Waals surface area contributed by atoms with Crippen LogP contribution in [-0.4, -0.2) is 20.6 Å². The van der Waals surface area contributed by atoms with Gasteiger partial charge in [0.05, 0.1) is 11.7 Å². The molecule has 3 aromatic rings. The summed E-state index contributed by atoms with van der Waals surface area (Å²) < 4.78 is 6.46. The first-order valence-corrected chi connectivity index (χ1v) is 7.54. The lowest BCUT2D eigenvalue weighted by molar-refractivity contribution is 0.101. The standard InChI is InChI=1S/C17H17N3O4/c1-10(2)9-20-12-6-4-3-5-11(12)14(21)13(16(20)23)15(22)19-17-18-7-8-24-17/h3-8,10,21H,9H2,1-2H3,(H,18,19,22). The summed E-state index contributed by atoms with van der Waals surface area (Å²) in [5.41, 5.74) is -0.294. The number of fused-ring (bicyclic) bond motifs is 1. The van der Waals surface area contributed by atoms with Crippen LogP contribution >= 0.6 is 0 Å². The summed E-state index contributed by atoms with van der Waals surface area (Å²) in [7, 11) is 0. The number of rotatable bonds is 4. The van der Waals surface area contributed by atoms with Crippen molar-refractivity contribution in [3.63, 3.8) is 0 Å². The van der Waals surface area contributed by atoms with Crippen LogP contribution in [0.15, 0.2) is 45.9 Å². The maximum Gasteiger partial charge on any atom is 0.301 e. The minimum absolute atomic E-state index is 0.0395. The maximum absolute atomic E-state index is 12.8. The van der Waals surface area contributed by atoms with Crippen molar-refractivity contribution in [3.8, 4) is 5.75 Å². The normalized spacial score (nSPS) is 11.1. The van der Waals surface area contributed by atoms with Gasteiger partial charge in [-0.05, 0) is 18.1 Å². The Hall–Kier alpha value is -3.09. The Bertz CT molecular complexity index is 942. The van der Waals surface area contributed by atoms with Crippen molar-refractivity contribution in [2.75, 3.05) is 5.32 Å². The van der Waals surface area contributed by atoms with Gasteiger partial charge in [-0.15, -0.1) is 0 Å². The van der Waals surface area contributed by atoms with E-state index in [4.69, 9.17) is 4.42 Å². The average molecular weight is 327 g/mol. The highest BCUT2D eigenvalue weighted by Gasteiger charge is 2.23. The highest BCUT2D eigenvalue weighted by molar-refractivity contribution is 6.08. The third kappa shape index (κ3) is 2.76. The molecule has 2 aromatic heterocycles. The van der Waals surface area contributed by atoms with E-state index in [2.05, 4.69) is 10.3 Å². The van der Waals surface area contributed by atoms with Crippen molar-refractivity contribution < 1.29 is 14.3 Å². The first-order chi connectivity index (χ1) is 11.5. The lowest BCUT2D eigenvalue weighted by Gasteiger charge is -2.16. The Kier molecular flexibility index (Phi) is 4.07. The van der Waals surface area contributed by atoms with Crippen molar-refractivity contribution in [1.82, 2.24) is 9.55 Å². The van der Waals surface area contributed by atoms with Gasteiger partial charge in [0.1, 0.15) is 17.6 Å². The number of amides is 1. The van der Waals surface area contributed by atoms with Crippen molar-refractivity contribution >= 4 is 22.8 Å². The minimum Gasteiger partial charge on any atom is -0.506 e. The monoisotopic (exact) mass is 327 g/mol. The molecule has 0 saturated heterocycles. The first-order valence-electron chi connectivity index (χ1n) is 7.54. The van der Waals surface area contributed by atoms with Gasteiger partial charge in [0, 0.05) is 11.9 Å². The number of anilines is 1. The molecule has 0 aliphatic heterocycles. The second kappa shape index (κ2) is 6.19. The number of carbonyl (C=O) groups excluding carboxylic acids is 1. The van der Waals surface area contributed by atoms with E-state index in [0.29, 0.717) is 17.4 Å². The highest BCUT2D eigenvalue weighted by atomic mass is 16.4. The van der Waals surface area contributed by atoms with Gasteiger partial charge in [-0.3, -0.25) is 14.9 Å². The van der Waals surface area contributed by atoms with Crippen molar-refractivity contribution in [2.45, 2.75) is 20.4 Å². The van der Waals surface area contributed by atoms with Crippen molar-refractivity contribution in [2.24, 2.45) is 5.92 Å². The Balaban J connectivity index is 2.20. The molecule has 0 atom stereocenters. The maximum atomic E-state index is 12.8. The van der Waals surface area contributed by atoms with Gasteiger partial charge in [-0.25, -0.2) is 4.98 Å². The number of para-hydroxylation sites is 1. The smallest absolute Gasteiger partial charge is 0.301 e. The Labute approximate surface area is 137 Å². The molecule has 2 heterocycles. The van der Waals surface area contributed by atoms with E-state index >= 15 is 0 Å². The summed E-state index contributed by atoms with van der Waals surface area (Å²) >= 11 is 0. The Morgan fingerprint density at radius 1 is 1.38 bits per heavy atom. The molecule has 0 radical (unpaired) electrons. The van der Waals surface area contributed by atoms with Gasteiger partial charge in [0.25, 0.3) is 11.5 Å². The van der Waals surface area contributed by atoms with Crippen LogP contribution in [0.25, 0.3) is 10.9 Å². The van der Waals surface area contributed by atoms with Gasteiger partial charge < -0.3 is 14.1 Å². The number of hydrogen-bond acceptors (Lipinski definition) is 5. The molecule has 0 aliphatic carbocycles. The molecule has 1 amide bonds. The summed E-state index contributed by atoms with van der Waals surface area (Å²) in [6.45, 7) is 4.38. The zero-order valence-corrected chi connectivity index (χ0v) is 13.3. The van der Waals surface area contributed by atoms with Crippen LogP contribution < -0.4 is 10.9 Å². The number of oxazole rings is 1. The summed E-state index contributed by atoms with van der Waals surface area (Å²) in [4.78, 5) is 29.0. The first kappa shape index (κ1) is 15.8. The number of benzene rings is 1. The molecule has 0 bridgehead atoms. The largest absolute Gasteiger partial charge is 0.506 e. The van der Waals surface area contributed by atoms with Crippen LogP contribution in [0.5, 0.6) is 5.75 Å². The number of aromatic hydroxyl groups is 1. The zero-order valence-electron chi connectivity index (χ0n) is 13.3. The second-order valence-corrected chi connectivity index (χ2v) is 5.84. The molecule has 0 fully saturated rings. The summed E-state index contributed by atoms with van der Waals surface area (Å²) in [5, 5.41) is 13.3. The van der Waals surface area contributed by atoms with E-state index in [0.717, 1.165) is 0 Å². The molecule has 0 spiro atoms. The SMILES string of the molecule is CC(C)Cn1c(=O)c(C(=O)Nc2ncco2)c(O)c2ccccc21. The van der Waals surface area contributed by atoms with Crippen LogP contribution in [0.1, 0.15) is 24.2 Å². The number of aromatic nitrogens is 2. The van der Waals surface area contributed by atoms with E-state index in [1.165, 1.54) is 17.0 Å². The molecular weight excluding hydrogens is 310 g/mol. The fourth-order valence-corrected chi connectivity index (χ4v) is 2.59. The number of nitrogens with one attached hydrogen (secondary N) is 1. The summed E-state index contributed by atoms with van der Waals surface area (Å²) in [6.07, 6.45) is 2.67. The molecule has 0 unspecified atom stereocenters. The van der Waals surface area contributed by atoms with E-state index in [-0.39, 0.29) is 23.2 Å². The topological polar surface area (TPSA) is 97.4 Å². The van der Waals surface area contributed by atoms with Crippen LogP contribution in [0.3, 0.4) is 0 Å². The van der Waals surface area contributed by atoms with E-state index in [9.17, 15) is 14.7 Å². The van der Waals surface area contributed by atoms with Crippen LogP contribution in [-0.2, 0) is 6.54 Å². The van der Waals surface area contributed by atoms with Crippen molar-refractivity contribution in [3.05, 3.63) is 52.6 Å². The quantitative estimate of drug-likeness (QED) is 0.767. The highest BCUT2D eigenvalue weighted by Crippen LogP contribution is 2.27. The number of hydrogen-bond donors (Lipinski definition) is 2. The Morgan fingerprint density at radius 2 is 2.12 bits per heavy atom. The number of nitrogens with zero attached hydrogens (tertiary/aromatic N) is 2. The number of pyridine rings is 1. The molecule has 2 N–H and O–H groups in total. The minimum atomic E-state index is -0.761. The molecule has 0 aliphatic rings. The third-order valence-electron chi connectivity index (χ3n) is 3.57. The predicted molar refractivity (Wildman–Crippen MR) is 89.2 cm³/mol. The summed E-state index contributed by atoms with van der Waals surface area (Å²) in [6, 6.07) is 6.90. The van der Waals surface area contributed by atoms with Gasteiger partial charge >= 0.3 is 6.01 Å². The molecular formula is C17H17N3O4. The summed E-state index contributed by atoms with van der Waals surface area (Å²) in [5.74, 6) is -0.916. The van der Waals surface area contributed by atoms with E-state index < -0.39 is 11.5 Å². The molecule has 1 aromatic carbocycles. The molecule has 3 rings (SSSR count). The average Bonchev–Trinajstić information content (AvgIpc) is 3.04. The molecule has 124 valence electrons. The van der Waals surface area contributed by atoms with Gasteiger partial charge in [-0.2, -0.15) is 0 Å². The van der Waals surface area contributed by atoms with Gasteiger partial charge in [-0.1, -0.05) is 26.0 Å². The molecule has 24 heavy (non-hydrogen) atoms. The molecule has 7 nitrogen and oxygen atoms in total. The van der Waals surface area contributed by atoms with E-state index in [1.54, 1.807) is 24.3 Å². The third-order valence-corrected chi connectivity index (χ3v) is 3.57. The van der Waals surface area contributed by atoms with Gasteiger partial charge in [0.2, 0.25) is 0 Å². The van der Waals surface area contributed by atoms with E-state index in [1.807, 2.05) is 13.8 Å². The lowest BCUT2D eigenvalue weighted by atomic mass is 10.1. The fraction of sp³-hybridized carbons (Fsp3) is 0.235. The molecule has 0 saturated carbocycles. The molecule has 7 heteroatoms. The lowest BCUT2D eigenvalue weighted by Crippen LogP contribution is -2.31. The predicted octanol–water partition coefficient (Wildman–Crippen LogP) is 2.60. The van der Waals surface area contributed by atoms with Crippen LogP contribution in [0.4, 0.5) is 6.01 Å². The number of carbonyl (C=O) groups is 1. The Morgan fingerprint density at radius 3 is 2.79 bits per heavy atom. The second-order valence-electron chi connectivity index (χ2n) is 5.84. The van der Waals surface area contributed by atoms with Crippen LogP contribution in [0, 0.1) is 5.92 Å². The van der Waals surface area contributed by atoms with Gasteiger partial charge in [0.15, 0.2) is 0 Å². The fourth-order valence-electron chi connectivity index (χ4n) is 2.59. The van der Waals surface area contributed by atoms with Crippen molar-refractivity contribution in [1.29, 1.82) is 0 Å². The van der Waals surface area contributed by atoms with Crippen LogP contribution in [0.2, 0.25) is 0 Å².